The van der Waals surface area contributed by atoms with Gasteiger partial charge in [0.2, 0.25) is 5.89 Å². The number of rotatable bonds is 2. The van der Waals surface area contributed by atoms with E-state index in [9.17, 15) is 4.79 Å². The minimum absolute atomic E-state index is 0.0141. The molecule has 0 saturated carbocycles. The van der Waals surface area contributed by atoms with Crippen molar-refractivity contribution in [1.29, 1.82) is 0 Å². The summed E-state index contributed by atoms with van der Waals surface area (Å²) in [6.45, 7) is 4.53. The molecule has 2 saturated heterocycles. The van der Waals surface area contributed by atoms with Gasteiger partial charge in [-0.3, -0.25) is 0 Å². The van der Waals surface area contributed by atoms with Gasteiger partial charge in [-0.25, -0.2) is 4.79 Å². The van der Waals surface area contributed by atoms with E-state index in [-0.39, 0.29) is 17.5 Å². The molecule has 0 spiro atoms. The second-order valence-corrected chi connectivity index (χ2v) is 5.17. The minimum atomic E-state index is -0.290. The molecule has 2 amide bonds. The predicted molar refractivity (Wildman–Crippen MR) is 64.7 cm³/mol. The lowest BCUT2D eigenvalue weighted by Gasteiger charge is -2.35. The van der Waals surface area contributed by atoms with Gasteiger partial charge in [-0.1, -0.05) is 5.10 Å². The second-order valence-electron chi connectivity index (χ2n) is 4.52. The van der Waals surface area contributed by atoms with Crippen molar-refractivity contribution >= 4 is 23.6 Å². The van der Waals surface area contributed by atoms with Gasteiger partial charge in [0.1, 0.15) is 5.38 Å². The van der Waals surface area contributed by atoms with Crippen molar-refractivity contribution < 1.29 is 9.21 Å². The molecule has 2 aliphatic rings. The number of carbonyl (C=O) groups is 1. The van der Waals surface area contributed by atoms with Gasteiger partial charge in [0.25, 0.3) is 0 Å². The number of carbonyl (C=O) groups excluding carboxylic acids is 1. The Bertz CT molecular complexity index is 463. The summed E-state index contributed by atoms with van der Waals surface area (Å²) >= 11 is 5.89. The number of nitrogens with zero attached hydrogens (tertiary/aromatic N) is 4. The lowest BCUT2D eigenvalue weighted by molar-refractivity contribution is 0.196. The standard InChI is InChI=1S/C10H14ClN5O2/c1-6(11)8-13-14-10(18-8)15-2-3-16-7(5-15)4-12-9(16)17/h6-7H,2-5H2,1H3,(H,12,17). The van der Waals surface area contributed by atoms with Gasteiger partial charge in [-0.05, 0) is 6.92 Å². The summed E-state index contributed by atoms with van der Waals surface area (Å²) < 4.78 is 5.51. The largest absolute Gasteiger partial charge is 0.406 e. The van der Waals surface area contributed by atoms with Crippen molar-refractivity contribution in [2.24, 2.45) is 0 Å². The third-order valence-corrected chi connectivity index (χ3v) is 3.46. The molecule has 3 heterocycles. The van der Waals surface area contributed by atoms with E-state index in [0.717, 1.165) is 0 Å². The number of urea groups is 1. The zero-order valence-electron chi connectivity index (χ0n) is 9.97. The zero-order chi connectivity index (χ0) is 12.7. The molecule has 0 radical (unpaired) electrons. The average Bonchev–Trinajstić information content (AvgIpc) is 2.96. The van der Waals surface area contributed by atoms with Crippen molar-refractivity contribution in [3.63, 3.8) is 0 Å². The summed E-state index contributed by atoms with van der Waals surface area (Å²) in [5.41, 5.74) is 0. The number of alkyl halides is 1. The number of aromatic nitrogens is 2. The fraction of sp³-hybridized carbons (Fsp3) is 0.700. The van der Waals surface area contributed by atoms with Gasteiger partial charge in [0.15, 0.2) is 0 Å². The van der Waals surface area contributed by atoms with Crippen LogP contribution >= 0.6 is 11.6 Å². The first-order chi connectivity index (χ1) is 8.65. The number of hydrogen-bond acceptors (Lipinski definition) is 5. The fourth-order valence-electron chi connectivity index (χ4n) is 2.29. The highest BCUT2D eigenvalue weighted by atomic mass is 35.5. The Kier molecular flexibility index (Phi) is 2.77. The van der Waals surface area contributed by atoms with Gasteiger partial charge in [-0.2, -0.15) is 0 Å². The minimum Gasteiger partial charge on any atom is -0.406 e. The Morgan fingerprint density at radius 2 is 2.33 bits per heavy atom. The van der Waals surface area contributed by atoms with Crippen molar-refractivity contribution in [3.8, 4) is 0 Å². The first-order valence-electron chi connectivity index (χ1n) is 5.92. The van der Waals surface area contributed by atoms with E-state index >= 15 is 0 Å². The highest BCUT2D eigenvalue weighted by molar-refractivity contribution is 6.20. The Morgan fingerprint density at radius 3 is 3.06 bits per heavy atom. The molecule has 3 rings (SSSR count). The second kappa shape index (κ2) is 4.31. The van der Waals surface area contributed by atoms with Gasteiger partial charge in [-0.15, -0.1) is 16.7 Å². The molecule has 1 aromatic rings. The van der Waals surface area contributed by atoms with Crippen molar-refractivity contribution in [2.45, 2.75) is 18.3 Å². The Balaban J connectivity index is 1.72. The van der Waals surface area contributed by atoms with Crippen molar-refractivity contribution in [1.82, 2.24) is 20.4 Å². The van der Waals surface area contributed by atoms with Crippen LogP contribution in [0.25, 0.3) is 0 Å². The molecule has 1 aromatic heterocycles. The van der Waals surface area contributed by atoms with Gasteiger partial charge in [0.05, 0.1) is 6.04 Å². The number of fused-ring (bicyclic) bond motifs is 1. The van der Waals surface area contributed by atoms with Crippen LogP contribution in [0.1, 0.15) is 18.2 Å². The first kappa shape index (κ1) is 11.6. The lowest BCUT2D eigenvalue weighted by atomic mass is 10.2. The molecule has 1 N–H and O–H groups in total. The van der Waals surface area contributed by atoms with Crippen LogP contribution in [0, 0.1) is 0 Å². The molecular formula is C10H14ClN5O2. The third kappa shape index (κ3) is 1.88. The quantitative estimate of drug-likeness (QED) is 0.797. The van der Waals surface area contributed by atoms with Crippen molar-refractivity contribution in [3.05, 3.63) is 5.89 Å². The molecule has 18 heavy (non-hydrogen) atoms. The zero-order valence-corrected chi connectivity index (χ0v) is 10.7. The summed E-state index contributed by atoms with van der Waals surface area (Å²) in [4.78, 5) is 15.3. The number of anilines is 1. The maximum absolute atomic E-state index is 11.5. The molecule has 2 atom stereocenters. The van der Waals surface area contributed by atoms with Crippen molar-refractivity contribution in [2.75, 3.05) is 31.1 Å². The summed E-state index contributed by atoms with van der Waals surface area (Å²) in [5.74, 6) is 0.426. The molecule has 0 bridgehead atoms. The smallest absolute Gasteiger partial charge is 0.318 e. The number of nitrogens with one attached hydrogen (secondary N) is 1. The van der Waals surface area contributed by atoms with Crippen LogP contribution in [-0.2, 0) is 0 Å². The number of amides is 2. The normalized spacial score (nSPS) is 25.0. The number of hydrogen-bond donors (Lipinski definition) is 1. The topological polar surface area (TPSA) is 74.5 Å². The van der Waals surface area contributed by atoms with Crippen LogP contribution < -0.4 is 10.2 Å². The molecule has 8 heteroatoms. The van der Waals surface area contributed by atoms with E-state index in [1.54, 1.807) is 6.92 Å². The van der Waals surface area contributed by atoms with Crippen LogP contribution in [0.5, 0.6) is 0 Å². The molecule has 98 valence electrons. The fourth-order valence-corrected chi connectivity index (χ4v) is 2.38. The monoisotopic (exact) mass is 271 g/mol. The van der Waals surface area contributed by atoms with Crippen LogP contribution in [0.15, 0.2) is 4.42 Å². The van der Waals surface area contributed by atoms with E-state index in [4.69, 9.17) is 16.0 Å². The van der Waals surface area contributed by atoms with E-state index in [0.29, 0.717) is 38.1 Å². The van der Waals surface area contributed by atoms with Crippen LogP contribution in [0.3, 0.4) is 0 Å². The summed E-state index contributed by atoms with van der Waals surface area (Å²) in [6.07, 6.45) is 0. The number of piperazine rings is 1. The number of halogens is 1. The van der Waals surface area contributed by atoms with E-state index in [2.05, 4.69) is 15.5 Å². The van der Waals surface area contributed by atoms with Gasteiger partial charge in [0, 0.05) is 26.2 Å². The highest BCUT2D eigenvalue weighted by Gasteiger charge is 2.36. The maximum Gasteiger partial charge on any atom is 0.318 e. The van der Waals surface area contributed by atoms with E-state index in [1.165, 1.54) is 0 Å². The Hall–Kier alpha value is -1.50. The summed E-state index contributed by atoms with van der Waals surface area (Å²) in [7, 11) is 0. The molecule has 0 aliphatic carbocycles. The van der Waals surface area contributed by atoms with Crippen LogP contribution in [-0.4, -0.2) is 53.3 Å². The Labute approximate surface area is 109 Å². The Morgan fingerprint density at radius 1 is 1.50 bits per heavy atom. The summed E-state index contributed by atoms with van der Waals surface area (Å²) in [5, 5.41) is 10.4. The van der Waals surface area contributed by atoms with Crippen LogP contribution in [0.4, 0.5) is 10.8 Å². The molecule has 7 nitrogen and oxygen atoms in total. The maximum atomic E-state index is 11.5. The van der Waals surface area contributed by atoms with E-state index < -0.39 is 0 Å². The lowest BCUT2D eigenvalue weighted by Crippen LogP contribution is -2.52. The predicted octanol–water partition coefficient (Wildman–Crippen LogP) is 0.583. The van der Waals surface area contributed by atoms with Gasteiger partial charge < -0.3 is 19.5 Å². The average molecular weight is 272 g/mol. The SMILES string of the molecule is CC(Cl)c1nnc(N2CCN3C(=O)NCC3C2)o1. The molecule has 2 fully saturated rings. The highest BCUT2D eigenvalue weighted by Crippen LogP contribution is 2.24. The third-order valence-electron chi connectivity index (χ3n) is 3.27. The first-order valence-corrected chi connectivity index (χ1v) is 6.35. The van der Waals surface area contributed by atoms with Crippen LogP contribution in [0.2, 0.25) is 0 Å². The molecule has 2 aliphatic heterocycles. The molecule has 0 aromatic carbocycles. The molecule has 2 unspecified atom stereocenters. The van der Waals surface area contributed by atoms with E-state index in [1.807, 2.05) is 9.80 Å². The van der Waals surface area contributed by atoms with Gasteiger partial charge >= 0.3 is 12.0 Å². The summed E-state index contributed by atoms with van der Waals surface area (Å²) in [6, 6.07) is 0.673. The molecular weight excluding hydrogens is 258 g/mol.